The van der Waals surface area contributed by atoms with Gasteiger partial charge in [0, 0.05) is 23.7 Å². The highest BCUT2D eigenvalue weighted by molar-refractivity contribution is 7.10. The summed E-state index contributed by atoms with van der Waals surface area (Å²) in [5.74, 6) is 0.844. The highest BCUT2D eigenvalue weighted by Gasteiger charge is 2.04. The van der Waals surface area contributed by atoms with Gasteiger partial charge in [-0.3, -0.25) is 0 Å². The Hall–Kier alpha value is -1.52. The van der Waals surface area contributed by atoms with E-state index in [0.717, 1.165) is 36.5 Å². The largest absolute Gasteiger partial charge is 0.497 e. The normalized spacial score (nSPS) is 10.6. The molecule has 102 valence electrons. The molecule has 1 heterocycles. The number of thiophene rings is 1. The zero-order chi connectivity index (χ0) is 13.7. The van der Waals surface area contributed by atoms with Crippen LogP contribution < -0.4 is 15.8 Å². The lowest BCUT2D eigenvalue weighted by Gasteiger charge is -2.09. The number of hydrogen-bond acceptors (Lipinski definition) is 4. The molecule has 0 amide bonds. The molecular formula is C15H20N2OS. The first-order chi connectivity index (χ1) is 9.24. The standard InChI is InChI=1S/C15H20N2OS/c1-3-11-6-7-19-15(11)10-17-9-12-8-13(18-2)4-5-14(12)16/h4-8,17H,3,9-10,16H2,1-2H3. The number of ether oxygens (including phenoxy) is 1. The highest BCUT2D eigenvalue weighted by atomic mass is 32.1. The molecule has 1 aromatic heterocycles. The van der Waals surface area contributed by atoms with Crippen LogP contribution in [-0.2, 0) is 19.5 Å². The van der Waals surface area contributed by atoms with E-state index in [2.05, 4.69) is 23.7 Å². The number of nitrogens with two attached hydrogens (primary N) is 1. The number of rotatable bonds is 6. The molecule has 0 aliphatic carbocycles. The van der Waals surface area contributed by atoms with Gasteiger partial charge in [-0.05, 0) is 47.2 Å². The van der Waals surface area contributed by atoms with E-state index >= 15 is 0 Å². The number of nitrogen functional groups attached to an aromatic ring is 1. The second kappa shape index (κ2) is 6.59. The predicted octanol–water partition coefficient (Wildman–Crippen LogP) is 3.19. The van der Waals surface area contributed by atoms with Crippen LogP contribution in [0.5, 0.6) is 5.75 Å². The molecule has 0 fully saturated rings. The van der Waals surface area contributed by atoms with Crippen molar-refractivity contribution in [3.8, 4) is 5.75 Å². The molecule has 0 unspecified atom stereocenters. The van der Waals surface area contributed by atoms with Crippen molar-refractivity contribution in [2.24, 2.45) is 0 Å². The molecule has 2 aromatic rings. The molecule has 0 spiro atoms. The van der Waals surface area contributed by atoms with Crippen LogP contribution in [0, 0.1) is 0 Å². The van der Waals surface area contributed by atoms with Gasteiger partial charge in [0.1, 0.15) is 5.75 Å². The lowest BCUT2D eigenvalue weighted by atomic mass is 10.1. The van der Waals surface area contributed by atoms with Gasteiger partial charge in [0.25, 0.3) is 0 Å². The minimum absolute atomic E-state index is 0.754. The molecule has 4 heteroatoms. The molecule has 3 nitrogen and oxygen atoms in total. The van der Waals surface area contributed by atoms with Crippen LogP contribution in [0.3, 0.4) is 0 Å². The Kier molecular flexibility index (Phi) is 4.82. The van der Waals surface area contributed by atoms with E-state index in [-0.39, 0.29) is 0 Å². The van der Waals surface area contributed by atoms with Gasteiger partial charge >= 0.3 is 0 Å². The Balaban J connectivity index is 1.95. The first kappa shape index (κ1) is 13.9. The third-order valence-corrected chi connectivity index (χ3v) is 4.13. The molecule has 2 rings (SSSR count). The molecule has 0 atom stereocenters. The second-order valence-electron chi connectivity index (χ2n) is 4.39. The average molecular weight is 276 g/mol. The number of aryl methyl sites for hydroxylation is 1. The number of methoxy groups -OCH3 is 1. The van der Waals surface area contributed by atoms with Crippen LogP contribution in [0.25, 0.3) is 0 Å². The molecule has 3 N–H and O–H groups in total. The molecule has 0 radical (unpaired) electrons. The number of nitrogens with one attached hydrogen (secondary N) is 1. The summed E-state index contributed by atoms with van der Waals surface area (Å²) in [5, 5.41) is 5.59. The summed E-state index contributed by atoms with van der Waals surface area (Å²) in [4.78, 5) is 1.41. The molecule has 0 aliphatic heterocycles. The van der Waals surface area contributed by atoms with Crippen molar-refractivity contribution in [1.29, 1.82) is 0 Å². The summed E-state index contributed by atoms with van der Waals surface area (Å²) < 4.78 is 5.22. The van der Waals surface area contributed by atoms with Gasteiger partial charge < -0.3 is 15.8 Å². The lowest BCUT2D eigenvalue weighted by molar-refractivity contribution is 0.414. The summed E-state index contributed by atoms with van der Waals surface area (Å²) in [6, 6.07) is 7.95. The molecule has 0 bridgehead atoms. The SMILES string of the molecule is CCc1ccsc1CNCc1cc(OC)ccc1N. The fourth-order valence-corrected chi connectivity index (χ4v) is 2.96. The Morgan fingerprint density at radius 2 is 2.05 bits per heavy atom. The first-order valence-corrected chi connectivity index (χ1v) is 7.31. The van der Waals surface area contributed by atoms with Crippen LogP contribution in [0.1, 0.15) is 22.9 Å². The summed E-state index contributed by atoms with van der Waals surface area (Å²) in [5.41, 5.74) is 9.27. The fourth-order valence-electron chi connectivity index (χ4n) is 2.01. The third kappa shape index (κ3) is 3.49. The topological polar surface area (TPSA) is 47.3 Å². The van der Waals surface area contributed by atoms with Crippen molar-refractivity contribution in [3.05, 3.63) is 45.6 Å². The van der Waals surface area contributed by atoms with E-state index in [4.69, 9.17) is 10.5 Å². The summed E-state index contributed by atoms with van der Waals surface area (Å²) in [6.07, 6.45) is 1.09. The van der Waals surface area contributed by atoms with Crippen LogP contribution in [-0.4, -0.2) is 7.11 Å². The smallest absolute Gasteiger partial charge is 0.119 e. The van der Waals surface area contributed by atoms with Gasteiger partial charge in [-0.2, -0.15) is 0 Å². The molecular weight excluding hydrogens is 256 g/mol. The van der Waals surface area contributed by atoms with Gasteiger partial charge in [-0.15, -0.1) is 11.3 Å². The Morgan fingerprint density at radius 1 is 1.21 bits per heavy atom. The lowest BCUT2D eigenvalue weighted by Crippen LogP contribution is -2.14. The molecule has 1 aromatic carbocycles. The zero-order valence-corrected chi connectivity index (χ0v) is 12.2. The molecule has 0 saturated carbocycles. The monoisotopic (exact) mass is 276 g/mol. The van der Waals surface area contributed by atoms with E-state index in [0.29, 0.717) is 0 Å². The van der Waals surface area contributed by atoms with Crippen molar-refractivity contribution in [3.63, 3.8) is 0 Å². The zero-order valence-electron chi connectivity index (χ0n) is 11.4. The van der Waals surface area contributed by atoms with Crippen LogP contribution in [0.4, 0.5) is 5.69 Å². The molecule has 19 heavy (non-hydrogen) atoms. The number of anilines is 1. The maximum atomic E-state index is 5.97. The van der Waals surface area contributed by atoms with E-state index in [1.54, 1.807) is 18.4 Å². The predicted molar refractivity (Wildman–Crippen MR) is 81.6 cm³/mol. The minimum Gasteiger partial charge on any atom is -0.497 e. The van der Waals surface area contributed by atoms with Crippen molar-refractivity contribution < 1.29 is 4.74 Å². The van der Waals surface area contributed by atoms with Crippen LogP contribution in [0.2, 0.25) is 0 Å². The summed E-state index contributed by atoms with van der Waals surface area (Å²) in [6.45, 7) is 3.83. The number of benzene rings is 1. The van der Waals surface area contributed by atoms with Crippen LogP contribution in [0.15, 0.2) is 29.6 Å². The quantitative estimate of drug-likeness (QED) is 0.797. The third-order valence-electron chi connectivity index (χ3n) is 3.17. The summed E-state index contributed by atoms with van der Waals surface area (Å²) >= 11 is 1.80. The van der Waals surface area contributed by atoms with Gasteiger partial charge in [0.05, 0.1) is 7.11 Å². The van der Waals surface area contributed by atoms with E-state index in [9.17, 15) is 0 Å². The van der Waals surface area contributed by atoms with E-state index in [1.807, 2.05) is 18.2 Å². The molecule has 0 aliphatic rings. The molecule has 0 saturated heterocycles. The van der Waals surface area contributed by atoms with Crippen molar-refractivity contribution >= 4 is 17.0 Å². The van der Waals surface area contributed by atoms with Crippen LogP contribution >= 0.6 is 11.3 Å². The Labute approximate surface area is 118 Å². The fraction of sp³-hybridized carbons (Fsp3) is 0.333. The maximum Gasteiger partial charge on any atom is 0.119 e. The van der Waals surface area contributed by atoms with Gasteiger partial charge in [0.2, 0.25) is 0 Å². The van der Waals surface area contributed by atoms with Gasteiger partial charge in [-0.25, -0.2) is 0 Å². The minimum atomic E-state index is 0.754. The summed E-state index contributed by atoms with van der Waals surface area (Å²) in [7, 11) is 1.67. The van der Waals surface area contributed by atoms with Crippen molar-refractivity contribution in [2.45, 2.75) is 26.4 Å². The first-order valence-electron chi connectivity index (χ1n) is 6.43. The van der Waals surface area contributed by atoms with E-state index in [1.165, 1.54) is 10.4 Å². The Bertz CT molecular complexity index is 537. The van der Waals surface area contributed by atoms with Gasteiger partial charge in [0.15, 0.2) is 0 Å². The number of hydrogen-bond donors (Lipinski definition) is 2. The van der Waals surface area contributed by atoms with E-state index < -0.39 is 0 Å². The maximum absolute atomic E-state index is 5.97. The average Bonchev–Trinajstić information content (AvgIpc) is 2.88. The van der Waals surface area contributed by atoms with Gasteiger partial charge in [-0.1, -0.05) is 6.92 Å². The highest BCUT2D eigenvalue weighted by Crippen LogP contribution is 2.20. The Morgan fingerprint density at radius 3 is 2.79 bits per heavy atom. The second-order valence-corrected chi connectivity index (χ2v) is 5.39. The van der Waals surface area contributed by atoms with Crippen molar-refractivity contribution in [2.75, 3.05) is 12.8 Å². The van der Waals surface area contributed by atoms with Crippen molar-refractivity contribution in [1.82, 2.24) is 5.32 Å².